The van der Waals surface area contributed by atoms with Gasteiger partial charge in [-0.3, -0.25) is 4.79 Å². The molecule has 21 heavy (non-hydrogen) atoms. The highest BCUT2D eigenvalue weighted by atomic mass is 79.9. The van der Waals surface area contributed by atoms with E-state index in [0.29, 0.717) is 19.6 Å². The van der Waals surface area contributed by atoms with Gasteiger partial charge in [0, 0.05) is 31.2 Å². The topological polar surface area (TPSA) is 60.9 Å². The molecule has 0 aliphatic carbocycles. The largest absolute Gasteiger partial charge is 0.481 e. The van der Waals surface area contributed by atoms with Crippen molar-refractivity contribution in [1.82, 2.24) is 9.80 Å². The summed E-state index contributed by atoms with van der Waals surface area (Å²) in [6.45, 7) is 3.18. The number of urea groups is 1. The summed E-state index contributed by atoms with van der Waals surface area (Å²) in [5, 5.41) is 9.13. The van der Waals surface area contributed by atoms with Gasteiger partial charge in [0.05, 0.1) is 5.92 Å². The lowest BCUT2D eigenvalue weighted by molar-refractivity contribution is -0.142. The minimum Gasteiger partial charge on any atom is -0.481 e. The van der Waals surface area contributed by atoms with Gasteiger partial charge >= 0.3 is 12.0 Å². The van der Waals surface area contributed by atoms with E-state index < -0.39 is 11.9 Å². The molecular formula is C15H19BrN2O3. The van der Waals surface area contributed by atoms with Crippen molar-refractivity contribution in [2.24, 2.45) is 11.8 Å². The van der Waals surface area contributed by atoms with Crippen LogP contribution in [0.5, 0.6) is 0 Å². The lowest BCUT2D eigenvalue weighted by atomic mass is 9.99. The summed E-state index contributed by atoms with van der Waals surface area (Å²) in [5.74, 6) is -1.30. The van der Waals surface area contributed by atoms with Gasteiger partial charge in [-0.2, -0.15) is 0 Å². The fraction of sp³-hybridized carbons (Fsp3) is 0.467. The number of hydrogen-bond donors (Lipinski definition) is 1. The molecule has 1 saturated heterocycles. The molecule has 1 N–H and O–H groups in total. The third kappa shape index (κ3) is 3.75. The number of carbonyl (C=O) groups excluding carboxylic acids is 1. The maximum atomic E-state index is 12.4. The van der Waals surface area contributed by atoms with Crippen molar-refractivity contribution in [3.8, 4) is 0 Å². The molecule has 0 aromatic heterocycles. The summed E-state index contributed by atoms with van der Waals surface area (Å²) in [6.07, 6.45) is 0. The van der Waals surface area contributed by atoms with Gasteiger partial charge in [-0.15, -0.1) is 0 Å². The normalized spacial score (nSPS) is 21.4. The number of nitrogens with zero attached hydrogens (tertiary/aromatic N) is 2. The van der Waals surface area contributed by atoms with Crippen LogP contribution in [0.25, 0.3) is 0 Å². The molecule has 1 fully saturated rings. The van der Waals surface area contributed by atoms with Crippen LogP contribution in [0.1, 0.15) is 12.5 Å². The number of aliphatic carboxylic acids is 1. The molecule has 0 saturated carbocycles. The van der Waals surface area contributed by atoms with Gasteiger partial charge in [-0.05, 0) is 23.6 Å². The molecular weight excluding hydrogens is 336 g/mol. The van der Waals surface area contributed by atoms with Crippen molar-refractivity contribution in [3.63, 3.8) is 0 Å². The van der Waals surface area contributed by atoms with Crippen molar-refractivity contribution < 1.29 is 14.7 Å². The number of rotatable bonds is 3. The van der Waals surface area contributed by atoms with Gasteiger partial charge in [0.25, 0.3) is 0 Å². The zero-order valence-electron chi connectivity index (χ0n) is 12.1. The molecule has 2 unspecified atom stereocenters. The minimum absolute atomic E-state index is 0.00692. The van der Waals surface area contributed by atoms with E-state index in [1.54, 1.807) is 16.8 Å². The minimum atomic E-state index is -0.826. The molecule has 1 aliphatic heterocycles. The number of carboxylic acids is 1. The average molecular weight is 355 g/mol. The Morgan fingerprint density at radius 2 is 1.95 bits per heavy atom. The number of hydrogen-bond acceptors (Lipinski definition) is 2. The molecule has 0 bridgehead atoms. The van der Waals surface area contributed by atoms with Crippen LogP contribution < -0.4 is 0 Å². The van der Waals surface area contributed by atoms with E-state index in [1.807, 2.05) is 31.2 Å². The van der Waals surface area contributed by atoms with Crippen molar-refractivity contribution in [2.75, 3.05) is 20.1 Å². The highest BCUT2D eigenvalue weighted by Crippen LogP contribution is 2.24. The number of carbonyl (C=O) groups is 2. The lowest BCUT2D eigenvalue weighted by Crippen LogP contribution is -2.40. The van der Waals surface area contributed by atoms with Gasteiger partial charge in [0.1, 0.15) is 0 Å². The van der Waals surface area contributed by atoms with Crippen molar-refractivity contribution in [2.45, 2.75) is 13.5 Å². The van der Waals surface area contributed by atoms with Crippen LogP contribution in [0, 0.1) is 11.8 Å². The first-order valence-electron chi connectivity index (χ1n) is 6.85. The monoisotopic (exact) mass is 354 g/mol. The molecule has 2 amide bonds. The van der Waals surface area contributed by atoms with Crippen LogP contribution in [0.15, 0.2) is 28.7 Å². The van der Waals surface area contributed by atoms with E-state index in [1.165, 1.54) is 0 Å². The van der Waals surface area contributed by atoms with Gasteiger partial charge in [0.15, 0.2) is 0 Å². The number of benzene rings is 1. The molecule has 1 aromatic carbocycles. The van der Waals surface area contributed by atoms with Crippen LogP contribution >= 0.6 is 15.9 Å². The van der Waals surface area contributed by atoms with E-state index in [0.717, 1.165) is 10.0 Å². The van der Waals surface area contributed by atoms with Crippen molar-refractivity contribution in [3.05, 3.63) is 34.3 Å². The number of carboxylic acid groups (broad SMARTS) is 1. The second kappa shape index (κ2) is 6.47. The zero-order valence-corrected chi connectivity index (χ0v) is 13.7. The standard InChI is InChI=1S/C15H19BrN2O3/c1-10-7-18(9-13(10)14(19)20)15(21)17(2)8-11-3-5-12(16)6-4-11/h3-6,10,13H,7-9H2,1-2H3,(H,19,20). The highest BCUT2D eigenvalue weighted by molar-refractivity contribution is 9.10. The first-order valence-corrected chi connectivity index (χ1v) is 7.65. The Morgan fingerprint density at radius 3 is 2.48 bits per heavy atom. The first-order chi connectivity index (χ1) is 9.88. The quantitative estimate of drug-likeness (QED) is 0.907. The summed E-state index contributed by atoms with van der Waals surface area (Å²) in [7, 11) is 1.74. The molecule has 0 radical (unpaired) electrons. The average Bonchev–Trinajstić information content (AvgIpc) is 2.82. The second-order valence-corrected chi connectivity index (χ2v) is 6.51. The zero-order chi connectivity index (χ0) is 15.6. The van der Waals surface area contributed by atoms with Crippen LogP contribution in [-0.2, 0) is 11.3 Å². The van der Waals surface area contributed by atoms with Gasteiger partial charge in [-0.25, -0.2) is 4.79 Å². The highest BCUT2D eigenvalue weighted by Gasteiger charge is 2.37. The molecule has 2 rings (SSSR count). The van der Waals surface area contributed by atoms with Crippen LogP contribution in [-0.4, -0.2) is 47.0 Å². The van der Waals surface area contributed by atoms with E-state index in [-0.39, 0.29) is 11.9 Å². The maximum Gasteiger partial charge on any atom is 0.320 e. The van der Waals surface area contributed by atoms with Gasteiger partial charge in [0.2, 0.25) is 0 Å². The Morgan fingerprint density at radius 1 is 1.33 bits per heavy atom. The van der Waals surface area contributed by atoms with Crippen molar-refractivity contribution >= 4 is 27.9 Å². The van der Waals surface area contributed by atoms with Crippen LogP contribution in [0.4, 0.5) is 4.79 Å². The van der Waals surface area contributed by atoms with E-state index in [2.05, 4.69) is 15.9 Å². The Bertz CT molecular complexity index is 532. The third-order valence-electron chi connectivity index (χ3n) is 3.86. The molecule has 1 heterocycles. The summed E-state index contributed by atoms with van der Waals surface area (Å²) in [5.41, 5.74) is 1.04. The number of amides is 2. The predicted octanol–water partition coefficient (Wildman–Crippen LogP) is 2.65. The SMILES string of the molecule is CC1CN(C(=O)N(C)Cc2ccc(Br)cc2)CC1C(=O)O. The lowest BCUT2D eigenvalue weighted by Gasteiger charge is -2.24. The number of likely N-dealkylation sites (tertiary alicyclic amines) is 1. The molecule has 1 aliphatic rings. The molecule has 1 aromatic rings. The Hall–Kier alpha value is -1.56. The number of halogens is 1. The Labute approximate surface area is 132 Å². The van der Waals surface area contributed by atoms with Gasteiger partial charge in [-0.1, -0.05) is 35.0 Å². The molecule has 5 nitrogen and oxygen atoms in total. The molecule has 6 heteroatoms. The summed E-state index contributed by atoms with van der Waals surface area (Å²) < 4.78 is 0.998. The second-order valence-electron chi connectivity index (χ2n) is 5.59. The smallest absolute Gasteiger partial charge is 0.320 e. The first kappa shape index (κ1) is 15.8. The molecule has 0 spiro atoms. The summed E-state index contributed by atoms with van der Waals surface area (Å²) in [6, 6.07) is 7.67. The van der Waals surface area contributed by atoms with E-state index in [4.69, 9.17) is 5.11 Å². The maximum absolute atomic E-state index is 12.4. The molecule has 2 atom stereocenters. The molecule has 114 valence electrons. The van der Waals surface area contributed by atoms with Crippen LogP contribution in [0.3, 0.4) is 0 Å². The van der Waals surface area contributed by atoms with Crippen LogP contribution in [0.2, 0.25) is 0 Å². The van der Waals surface area contributed by atoms with Gasteiger partial charge < -0.3 is 14.9 Å². The Balaban J connectivity index is 1.97. The fourth-order valence-corrected chi connectivity index (χ4v) is 2.88. The Kier molecular flexibility index (Phi) is 4.88. The van der Waals surface area contributed by atoms with Crippen molar-refractivity contribution in [1.29, 1.82) is 0 Å². The van der Waals surface area contributed by atoms with E-state index in [9.17, 15) is 9.59 Å². The fourth-order valence-electron chi connectivity index (χ4n) is 2.62. The predicted molar refractivity (Wildman–Crippen MR) is 82.9 cm³/mol. The third-order valence-corrected chi connectivity index (χ3v) is 4.39. The summed E-state index contributed by atoms with van der Waals surface area (Å²) >= 11 is 3.38. The van der Waals surface area contributed by atoms with E-state index >= 15 is 0 Å². The summed E-state index contributed by atoms with van der Waals surface area (Å²) in [4.78, 5) is 26.7.